The fraction of sp³-hybridized carbons (Fsp3) is 0.286. The van der Waals surface area contributed by atoms with Crippen molar-refractivity contribution in [3.8, 4) is 11.8 Å². The first-order valence-corrected chi connectivity index (χ1v) is 6.28. The Kier molecular flexibility index (Phi) is 3.89. The van der Waals surface area contributed by atoms with Crippen LogP contribution in [0.4, 0.5) is 0 Å². The molecule has 0 aliphatic carbocycles. The van der Waals surface area contributed by atoms with Gasteiger partial charge in [-0.15, -0.1) is 0 Å². The number of halogens is 1. The Morgan fingerprint density at radius 2 is 2.16 bits per heavy atom. The summed E-state index contributed by atoms with van der Waals surface area (Å²) in [5.74, 6) is 0. The normalized spacial score (nSPS) is 10.7. The Balaban J connectivity index is 2.57. The Labute approximate surface area is 117 Å². The van der Waals surface area contributed by atoms with Gasteiger partial charge in [0.25, 0.3) is 0 Å². The second-order valence-electron chi connectivity index (χ2n) is 4.66. The number of imidazole rings is 1. The van der Waals surface area contributed by atoms with Crippen LogP contribution in [0.2, 0.25) is 5.02 Å². The van der Waals surface area contributed by atoms with Crippen LogP contribution in [-0.2, 0) is 6.54 Å². The van der Waals surface area contributed by atoms with Crippen molar-refractivity contribution < 1.29 is 0 Å². The van der Waals surface area contributed by atoms with Crippen LogP contribution < -0.4 is 0 Å². The molecule has 0 amide bonds. The molecule has 0 aliphatic rings. The smallest absolute Gasteiger partial charge is 0.101 e. The van der Waals surface area contributed by atoms with Gasteiger partial charge in [-0.3, -0.25) is 0 Å². The average Bonchev–Trinajstić information content (AvgIpc) is 2.70. The molecule has 19 heavy (non-hydrogen) atoms. The van der Waals surface area contributed by atoms with Crippen molar-refractivity contribution in [3.05, 3.63) is 46.5 Å². The summed E-state index contributed by atoms with van der Waals surface area (Å²) in [5, 5.41) is 9.79. The second-order valence-corrected chi connectivity index (χ2v) is 5.09. The highest BCUT2D eigenvalue weighted by molar-refractivity contribution is 6.30. The lowest BCUT2D eigenvalue weighted by Gasteiger charge is -2.14. The van der Waals surface area contributed by atoms with Crippen molar-refractivity contribution in [3.63, 3.8) is 0 Å². The van der Waals surface area contributed by atoms with Crippen LogP contribution in [0.5, 0.6) is 0 Å². The van der Waals surface area contributed by atoms with E-state index < -0.39 is 0 Å². The van der Waals surface area contributed by atoms with Crippen LogP contribution in [0.25, 0.3) is 5.69 Å². The number of aryl methyl sites for hydroxylation is 1. The first-order chi connectivity index (χ1) is 9.02. The second kappa shape index (κ2) is 5.43. The molecule has 1 aromatic heterocycles. The van der Waals surface area contributed by atoms with Crippen molar-refractivity contribution in [1.29, 1.82) is 5.26 Å². The summed E-state index contributed by atoms with van der Waals surface area (Å²) in [7, 11) is 4.01. The molecule has 0 atom stereocenters. The molecule has 1 aromatic carbocycles. The molecule has 4 nitrogen and oxygen atoms in total. The van der Waals surface area contributed by atoms with Crippen molar-refractivity contribution in [2.45, 2.75) is 13.5 Å². The summed E-state index contributed by atoms with van der Waals surface area (Å²) < 4.78 is 1.95. The van der Waals surface area contributed by atoms with Gasteiger partial charge in [-0.1, -0.05) is 11.6 Å². The van der Waals surface area contributed by atoms with E-state index in [1.807, 2.05) is 31.7 Å². The van der Waals surface area contributed by atoms with Gasteiger partial charge < -0.3 is 9.47 Å². The van der Waals surface area contributed by atoms with Gasteiger partial charge in [-0.05, 0) is 39.2 Å². The van der Waals surface area contributed by atoms with E-state index in [0.717, 1.165) is 23.6 Å². The first kappa shape index (κ1) is 13.6. The lowest BCUT2D eigenvalue weighted by atomic mass is 10.2. The lowest BCUT2D eigenvalue weighted by molar-refractivity contribution is 0.393. The third-order valence-electron chi connectivity index (χ3n) is 2.88. The molecule has 0 bridgehead atoms. The number of rotatable bonds is 3. The number of nitriles is 1. The zero-order valence-corrected chi connectivity index (χ0v) is 11.9. The maximum atomic E-state index is 9.23. The van der Waals surface area contributed by atoms with Gasteiger partial charge in [0.2, 0.25) is 0 Å². The summed E-state index contributed by atoms with van der Waals surface area (Å²) in [5.41, 5.74) is 3.39. The van der Waals surface area contributed by atoms with Crippen molar-refractivity contribution in [2.24, 2.45) is 0 Å². The largest absolute Gasteiger partial charge is 0.304 e. The molecule has 0 spiro atoms. The highest BCUT2D eigenvalue weighted by Gasteiger charge is 2.13. The Bertz CT molecular complexity index is 637. The Hall–Kier alpha value is -1.83. The standard InChI is InChI=1S/C14H15ClN4/c1-10-14(8-18(2)3)19(9-17-10)13-5-4-12(15)6-11(13)7-16/h4-6,9H,8H2,1-3H3. The molecule has 0 aliphatic heterocycles. The fourth-order valence-corrected chi connectivity index (χ4v) is 2.14. The minimum Gasteiger partial charge on any atom is -0.304 e. The first-order valence-electron chi connectivity index (χ1n) is 5.90. The summed E-state index contributed by atoms with van der Waals surface area (Å²) in [6.45, 7) is 2.73. The molecular formula is C14H15ClN4. The van der Waals surface area contributed by atoms with Crippen LogP contribution in [0.1, 0.15) is 17.0 Å². The molecule has 0 saturated heterocycles. The third kappa shape index (κ3) is 2.78. The monoisotopic (exact) mass is 274 g/mol. The number of hydrogen-bond acceptors (Lipinski definition) is 3. The van der Waals surface area contributed by atoms with Gasteiger partial charge in [0.1, 0.15) is 6.07 Å². The Morgan fingerprint density at radius 3 is 2.79 bits per heavy atom. The quantitative estimate of drug-likeness (QED) is 0.864. The SMILES string of the molecule is Cc1ncn(-c2ccc(Cl)cc2C#N)c1CN(C)C. The van der Waals surface area contributed by atoms with Gasteiger partial charge in [-0.25, -0.2) is 4.98 Å². The third-order valence-corrected chi connectivity index (χ3v) is 3.11. The van der Waals surface area contributed by atoms with Crippen LogP contribution in [-0.4, -0.2) is 28.5 Å². The molecular weight excluding hydrogens is 260 g/mol. The Morgan fingerprint density at radius 1 is 1.42 bits per heavy atom. The van der Waals surface area contributed by atoms with E-state index >= 15 is 0 Å². The number of hydrogen-bond donors (Lipinski definition) is 0. The van der Waals surface area contributed by atoms with E-state index in [1.54, 1.807) is 18.5 Å². The average molecular weight is 275 g/mol. The molecule has 0 fully saturated rings. The van der Waals surface area contributed by atoms with E-state index in [-0.39, 0.29) is 0 Å². The molecule has 0 N–H and O–H groups in total. The predicted octanol–water partition coefficient (Wildman–Crippen LogP) is 2.77. The maximum absolute atomic E-state index is 9.23. The summed E-state index contributed by atoms with van der Waals surface area (Å²) in [6, 6.07) is 7.48. The molecule has 5 heteroatoms. The van der Waals surface area contributed by atoms with E-state index in [9.17, 15) is 5.26 Å². The zero-order chi connectivity index (χ0) is 14.0. The van der Waals surface area contributed by atoms with E-state index in [4.69, 9.17) is 11.6 Å². The van der Waals surface area contributed by atoms with E-state index in [2.05, 4.69) is 16.0 Å². The molecule has 98 valence electrons. The number of aromatic nitrogens is 2. The topological polar surface area (TPSA) is 44.9 Å². The summed E-state index contributed by atoms with van der Waals surface area (Å²) >= 11 is 5.93. The molecule has 2 rings (SSSR count). The van der Waals surface area contributed by atoms with Crippen molar-refractivity contribution >= 4 is 11.6 Å². The molecule has 0 saturated carbocycles. The van der Waals surface area contributed by atoms with Crippen LogP contribution in [0, 0.1) is 18.3 Å². The minimum atomic E-state index is 0.546. The van der Waals surface area contributed by atoms with Crippen LogP contribution in [0.3, 0.4) is 0 Å². The highest BCUT2D eigenvalue weighted by Crippen LogP contribution is 2.22. The van der Waals surface area contributed by atoms with Gasteiger partial charge in [-0.2, -0.15) is 5.26 Å². The van der Waals surface area contributed by atoms with Crippen molar-refractivity contribution in [2.75, 3.05) is 14.1 Å². The molecule has 0 unspecified atom stereocenters. The highest BCUT2D eigenvalue weighted by atomic mass is 35.5. The van der Waals surface area contributed by atoms with Crippen LogP contribution >= 0.6 is 11.6 Å². The molecule has 2 aromatic rings. The minimum absolute atomic E-state index is 0.546. The maximum Gasteiger partial charge on any atom is 0.101 e. The molecule has 0 radical (unpaired) electrons. The van der Waals surface area contributed by atoms with Crippen molar-refractivity contribution in [1.82, 2.24) is 14.5 Å². The van der Waals surface area contributed by atoms with Gasteiger partial charge in [0.05, 0.1) is 29.0 Å². The summed E-state index contributed by atoms with van der Waals surface area (Å²) in [6.07, 6.45) is 1.75. The van der Waals surface area contributed by atoms with Crippen LogP contribution in [0.15, 0.2) is 24.5 Å². The van der Waals surface area contributed by atoms with Gasteiger partial charge in [0.15, 0.2) is 0 Å². The summed E-state index contributed by atoms with van der Waals surface area (Å²) in [4.78, 5) is 6.41. The number of nitrogens with zero attached hydrogens (tertiary/aromatic N) is 4. The lowest BCUT2D eigenvalue weighted by Crippen LogP contribution is -2.15. The van der Waals surface area contributed by atoms with Gasteiger partial charge in [0, 0.05) is 11.6 Å². The van der Waals surface area contributed by atoms with Gasteiger partial charge >= 0.3 is 0 Å². The van der Waals surface area contributed by atoms with E-state index in [1.165, 1.54) is 0 Å². The zero-order valence-electron chi connectivity index (χ0n) is 11.2. The predicted molar refractivity (Wildman–Crippen MR) is 75.4 cm³/mol. The number of benzene rings is 1. The molecule has 1 heterocycles. The van der Waals surface area contributed by atoms with E-state index in [0.29, 0.717) is 10.6 Å². The fourth-order valence-electron chi connectivity index (χ4n) is 1.97.